The van der Waals surface area contributed by atoms with Gasteiger partial charge < -0.3 is 27.0 Å². The molecule has 4 amide bonds. The maximum atomic E-state index is 12.2. The Labute approximate surface area is 175 Å². The van der Waals surface area contributed by atoms with Gasteiger partial charge in [-0.25, -0.2) is 4.79 Å². The number of carbonyl (C=O) groups excluding carboxylic acids is 3. The SMILES string of the molecule is NCc1ccccc1C(=O)NCCNC(=O)CCCC[C@@H]1SC[C@@H]2NC(=O)N[C@@H]21. The molecule has 2 aliphatic heterocycles. The Kier molecular flexibility index (Phi) is 7.76. The maximum absolute atomic E-state index is 12.2. The molecule has 0 saturated carbocycles. The first-order chi connectivity index (χ1) is 14.1. The van der Waals surface area contributed by atoms with Gasteiger partial charge in [0.2, 0.25) is 5.91 Å². The number of thioether (sulfide) groups is 1. The van der Waals surface area contributed by atoms with E-state index in [1.54, 1.807) is 12.1 Å². The van der Waals surface area contributed by atoms with E-state index in [1.165, 1.54) is 0 Å². The van der Waals surface area contributed by atoms with E-state index in [0.29, 0.717) is 36.9 Å². The van der Waals surface area contributed by atoms with E-state index in [9.17, 15) is 14.4 Å². The predicted octanol–water partition coefficient (Wildman–Crippen LogP) is 0.717. The third-order valence-corrected chi connectivity index (χ3v) is 6.80. The van der Waals surface area contributed by atoms with Crippen molar-refractivity contribution in [2.75, 3.05) is 18.8 Å². The molecule has 0 bridgehead atoms. The van der Waals surface area contributed by atoms with E-state index in [2.05, 4.69) is 21.3 Å². The summed E-state index contributed by atoms with van der Waals surface area (Å²) in [5.74, 6) is 0.770. The van der Waals surface area contributed by atoms with E-state index >= 15 is 0 Å². The predicted molar refractivity (Wildman–Crippen MR) is 114 cm³/mol. The average molecular weight is 420 g/mol. The second-order valence-corrected chi connectivity index (χ2v) is 8.61. The van der Waals surface area contributed by atoms with Crippen LogP contribution in [0.1, 0.15) is 41.6 Å². The Balaban J connectivity index is 1.25. The van der Waals surface area contributed by atoms with Crippen molar-refractivity contribution in [2.45, 2.75) is 49.6 Å². The largest absolute Gasteiger partial charge is 0.354 e. The zero-order valence-electron chi connectivity index (χ0n) is 16.4. The number of hydrogen-bond donors (Lipinski definition) is 5. The summed E-state index contributed by atoms with van der Waals surface area (Å²) in [6.45, 7) is 1.08. The topological polar surface area (TPSA) is 125 Å². The lowest BCUT2D eigenvalue weighted by atomic mass is 10.0. The zero-order chi connectivity index (χ0) is 20.6. The van der Waals surface area contributed by atoms with Crippen molar-refractivity contribution < 1.29 is 14.4 Å². The van der Waals surface area contributed by atoms with Crippen molar-refractivity contribution in [1.82, 2.24) is 21.3 Å². The highest BCUT2D eigenvalue weighted by Gasteiger charge is 2.42. The first-order valence-electron chi connectivity index (χ1n) is 10.1. The van der Waals surface area contributed by atoms with Crippen LogP contribution in [-0.2, 0) is 11.3 Å². The van der Waals surface area contributed by atoms with Crippen LogP contribution in [0.15, 0.2) is 24.3 Å². The van der Waals surface area contributed by atoms with Gasteiger partial charge in [-0.2, -0.15) is 11.8 Å². The van der Waals surface area contributed by atoms with Crippen LogP contribution < -0.4 is 27.0 Å². The molecule has 1 aromatic carbocycles. The molecule has 0 unspecified atom stereocenters. The number of nitrogens with two attached hydrogens (primary N) is 1. The summed E-state index contributed by atoms with van der Waals surface area (Å²) < 4.78 is 0. The molecule has 3 atom stereocenters. The van der Waals surface area contributed by atoms with E-state index in [-0.39, 0.29) is 29.9 Å². The minimum absolute atomic E-state index is 0.00519. The smallest absolute Gasteiger partial charge is 0.315 e. The van der Waals surface area contributed by atoms with Crippen LogP contribution >= 0.6 is 11.8 Å². The molecule has 6 N–H and O–H groups in total. The molecule has 9 heteroatoms. The maximum Gasteiger partial charge on any atom is 0.315 e. The lowest BCUT2D eigenvalue weighted by Gasteiger charge is -2.16. The fourth-order valence-electron chi connectivity index (χ4n) is 3.76. The number of unbranched alkanes of at least 4 members (excludes halogenated alkanes) is 1. The van der Waals surface area contributed by atoms with Crippen molar-refractivity contribution in [3.8, 4) is 0 Å². The molecule has 3 rings (SSSR count). The monoisotopic (exact) mass is 419 g/mol. The Morgan fingerprint density at radius 3 is 2.76 bits per heavy atom. The molecule has 2 fully saturated rings. The molecular weight excluding hydrogens is 390 g/mol. The molecule has 2 aliphatic rings. The van der Waals surface area contributed by atoms with Gasteiger partial charge in [0.1, 0.15) is 0 Å². The van der Waals surface area contributed by atoms with Crippen LogP contribution in [0.4, 0.5) is 4.79 Å². The van der Waals surface area contributed by atoms with Crippen molar-refractivity contribution in [3.05, 3.63) is 35.4 Å². The zero-order valence-corrected chi connectivity index (χ0v) is 17.2. The highest BCUT2D eigenvalue weighted by Crippen LogP contribution is 2.33. The lowest BCUT2D eigenvalue weighted by molar-refractivity contribution is -0.121. The quantitative estimate of drug-likeness (QED) is 0.282. The fourth-order valence-corrected chi connectivity index (χ4v) is 5.30. The standard InChI is InChI=1S/C20H29N5O3S/c21-11-13-5-1-2-6-14(13)19(27)23-10-9-22-17(26)8-4-3-7-16-18-15(12-29-16)24-20(28)25-18/h1-2,5-6,15-16,18H,3-4,7-12,21H2,(H,22,26)(H,23,27)(H2,24,25,28)/t15-,16-,18-/m0/s1. The van der Waals surface area contributed by atoms with Gasteiger partial charge >= 0.3 is 6.03 Å². The molecule has 1 aromatic rings. The Morgan fingerprint density at radius 2 is 1.93 bits per heavy atom. The first-order valence-corrected chi connectivity index (χ1v) is 11.1. The number of hydrogen-bond acceptors (Lipinski definition) is 5. The molecule has 8 nitrogen and oxygen atoms in total. The molecule has 0 aliphatic carbocycles. The van der Waals surface area contributed by atoms with Gasteiger partial charge in [0.15, 0.2) is 0 Å². The highest BCUT2D eigenvalue weighted by molar-refractivity contribution is 8.00. The average Bonchev–Trinajstić information content (AvgIpc) is 3.27. The number of amides is 4. The number of benzene rings is 1. The van der Waals surface area contributed by atoms with Gasteiger partial charge in [-0.15, -0.1) is 0 Å². The van der Waals surface area contributed by atoms with E-state index in [0.717, 1.165) is 30.6 Å². The Bertz CT molecular complexity index is 745. The Hall–Kier alpha value is -2.26. The van der Waals surface area contributed by atoms with Gasteiger partial charge in [-0.05, 0) is 24.5 Å². The number of fused-ring (bicyclic) bond motifs is 1. The van der Waals surface area contributed by atoms with E-state index in [1.807, 2.05) is 23.9 Å². The number of carbonyl (C=O) groups is 3. The summed E-state index contributed by atoms with van der Waals surface area (Å²) >= 11 is 1.89. The summed E-state index contributed by atoms with van der Waals surface area (Å²) in [5.41, 5.74) is 7.02. The minimum atomic E-state index is -0.179. The van der Waals surface area contributed by atoms with Crippen LogP contribution in [0, 0.1) is 0 Å². The molecule has 2 saturated heterocycles. The van der Waals surface area contributed by atoms with Gasteiger partial charge in [-0.1, -0.05) is 24.6 Å². The van der Waals surface area contributed by atoms with Crippen LogP contribution in [0.2, 0.25) is 0 Å². The normalized spacial score (nSPS) is 22.5. The van der Waals surface area contributed by atoms with Gasteiger partial charge in [0, 0.05) is 42.6 Å². The molecule has 29 heavy (non-hydrogen) atoms. The van der Waals surface area contributed by atoms with Crippen LogP contribution in [-0.4, -0.2) is 54.0 Å². The van der Waals surface area contributed by atoms with Crippen LogP contribution in [0.5, 0.6) is 0 Å². The molecular formula is C20H29N5O3S. The second kappa shape index (κ2) is 10.5. The number of nitrogens with one attached hydrogen (secondary N) is 4. The minimum Gasteiger partial charge on any atom is -0.354 e. The molecule has 0 radical (unpaired) electrons. The second-order valence-electron chi connectivity index (χ2n) is 7.33. The van der Waals surface area contributed by atoms with E-state index in [4.69, 9.17) is 5.73 Å². The van der Waals surface area contributed by atoms with Crippen molar-refractivity contribution in [2.24, 2.45) is 5.73 Å². The molecule has 2 heterocycles. The van der Waals surface area contributed by atoms with Crippen LogP contribution in [0.25, 0.3) is 0 Å². The third-order valence-electron chi connectivity index (χ3n) is 5.30. The summed E-state index contributed by atoms with van der Waals surface area (Å²) in [6.07, 6.45) is 3.24. The number of urea groups is 1. The first kappa shape index (κ1) is 21.4. The van der Waals surface area contributed by atoms with Gasteiger partial charge in [0.05, 0.1) is 12.1 Å². The lowest BCUT2D eigenvalue weighted by Crippen LogP contribution is -2.36. The van der Waals surface area contributed by atoms with Crippen LogP contribution in [0.3, 0.4) is 0 Å². The van der Waals surface area contributed by atoms with Crippen molar-refractivity contribution >= 4 is 29.6 Å². The third kappa shape index (κ3) is 5.86. The molecule has 0 spiro atoms. The summed E-state index contributed by atoms with van der Waals surface area (Å²) in [5, 5.41) is 12.0. The molecule has 0 aromatic heterocycles. The van der Waals surface area contributed by atoms with Crippen molar-refractivity contribution in [3.63, 3.8) is 0 Å². The summed E-state index contributed by atoms with van der Waals surface area (Å²) in [4.78, 5) is 35.5. The molecule has 158 valence electrons. The van der Waals surface area contributed by atoms with Gasteiger partial charge in [-0.3, -0.25) is 9.59 Å². The van der Waals surface area contributed by atoms with Gasteiger partial charge in [0.25, 0.3) is 5.91 Å². The van der Waals surface area contributed by atoms with E-state index < -0.39 is 0 Å². The highest BCUT2D eigenvalue weighted by atomic mass is 32.2. The van der Waals surface area contributed by atoms with Crippen molar-refractivity contribution in [1.29, 1.82) is 0 Å². The number of rotatable bonds is 10. The summed E-state index contributed by atoms with van der Waals surface area (Å²) in [6, 6.07) is 7.62. The Morgan fingerprint density at radius 1 is 1.14 bits per heavy atom. The fraction of sp³-hybridized carbons (Fsp3) is 0.550. The summed E-state index contributed by atoms with van der Waals surface area (Å²) in [7, 11) is 0.